The van der Waals surface area contributed by atoms with Crippen LogP contribution in [0.15, 0.2) is 24.3 Å². The number of benzene rings is 1. The molecule has 1 aromatic carbocycles. The molecule has 0 aromatic heterocycles. The number of anilines is 1. The Hall–Kier alpha value is -3.50. The van der Waals surface area contributed by atoms with Crippen molar-refractivity contribution in [2.45, 2.75) is 38.8 Å². The number of aliphatic carboxylic acids is 1. The molecule has 0 aliphatic rings. The molecule has 2 atom stereocenters. The van der Waals surface area contributed by atoms with Gasteiger partial charge in [-0.3, -0.25) is 34.2 Å². The summed E-state index contributed by atoms with van der Waals surface area (Å²) in [5, 5.41) is 21.7. The predicted octanol–water partition coefficient (Wildman–Crippen LogP) is 0.171. The number of primary amides is 1. The average molecular weight is 380 g/mol. The number of nitro benzene ring substituents is 1. The Morgan fingerprint density at radius 3 is 2.19 bits per heavy atom. The molecule has 1 rings (SSSR count). The van der Waals surface area contributed by atoms with Gasteiger partial charge in [-0.1, -0.05) is 0 Å². The molecular formula is C16H20N4O7. The molecule has 0 radical (unpaired) electrons. The van der Waals surface area contributed by atoms with Crippen molar-refractivity contribution in [1.29, 1.82) is 0 Å². The van der Waals surface area contributed by atoms with Gasteiger partial charge in [0.15, 0.2) is 0 Å². The van der Waals surface area contributed by atoms with Gasteiger partial charge in [-0.05, 0) is 26.0 Å². The number of carbonyl (C=O) groups excluding carboxylic acids is 3. The summed E-state index contributed by atoms with van der Waals surface area (Å²) in [6.45, 7) is 2.74. The maximum atomic E-state index is 12.7. The zero-order chi connectivity index (χ0) is 20.7. The van der Waals surface area contributed by atoms with Gasteiger partial charge in [-0.15, -0.1) is 0 Å². The van der Waals surface area contributed by atoms with Crippen molar-refractivity contribution in [3.63, 3.8) is 0 Å². The summed E-state index contributed by atoms with van der Waals surface area (Å²) < 4.78 is 0. The topological polar surface area (TPSA) is 173 Å². The minimum atomic E-state index is -1.15. The first-order chi connectivity index (χ1) is 12.5. The third kappa shape index (κ3) is 6.06. The number of carbonyl (C=O) groups is 4. The van der Waals surface area contributed by atoms with Gasteiger partial charge < -0.3 is 16.2 Å². The highest BCUT2D eigenvalue weighted by atomic mass is 16.6. The van der Waals surface area contributed by atoms with Crippen molar-refractivity contribution in [3.8, 4) is 0 Å². The number of carboxylic acids is 1. The van der Waals surface area contributed by atoms with E-state index in [1.165, 1.54) is 38.1 Å². The largest absolute Gasteiger partial charge is 0.481 e. The molecule has 11 heteroatoms. The summed E-state index contributed by atoms with van der Waals surface area (Å²) in [6, 6.07) is 2.74. The number of nitrogens with zero attached hydrogens (tertiary/aromatic N) is 2. The highest BCUT2D eigenvalue weighted by Gasteiger charge is 2.30. The van der Waals surface area contributed by atoms with Crippen molar-refractivity contribution in [1.82, 2.24) is 5.32 Å². The van der Waals surface area contributed by atoms with Crippen LogP contribution in [0.5, 0.6) is 0 Å². The fourth-order valence-electron chi connectivity index (χ4n) is 2.21. The van der Waals surface area contributed by atoms with E-state index in [0.717, 1.165) is 4.90 Å². The number of rotatable bonds is 9. The van der Waals surface area contributed by atoms with Crippen molar-refractivity contribution >= 4 is 35.1 Å². The summed E-state index contributed by atoms with van der Waals surface area (Å²) in [6.07, 6.45) is -0.702. The van der Waals surface area contributed by atoms with E-state index in [0.29, 0.717) is 0 Å². The molecule has 3 amide bonds. The molecule has 0 saturated heterocycles. The monoisotopic (exact) mass is 380 g/mol. The summed E-state index contributed by atoms with van der Waals surface area (Å²) in [5.74, 6) is -3.29. The Morgan fingerprint density at radius 2 is 1.74 bits per heavy atom. The molecular weight excluding hydrogens is 360 g/mol. The smallest absolute Gasteiger partial charge is 0.303 e. The summed E-state index contributed by atoms with van der Waals surface area (Å²) >= 11 is 0. The summed E-state index contributed by atoms with van der Waals surface area (Å²) in [5.41, 5.74) is 5.26. The third-order valence-electron chi connectivity index (χ3n) is 3.69. The fourth-order valence-corrected chi connectivity index (χ4v) is 2.21. The molecule has 0 unspecified atom stereocenters. The molecule has 27 heavy (non-hydrogen) atoms. The lowest BCUT2D eigenvalue weighted by molar-refractivity contribution is -0.384. The van der Waals surface area contributed by atoms with Crippen molar-refractivity contribution in [3.05, 3.63) is 34.4 Å². The number of carboxylic acid groups (broad SMARTS) is 1. The molecule has 0 aliphatic carbocycles. The Balaban J connectivity index is 3.03. The molecule has 0 spiro atoms. The highest BCUT2D eigenvalue weighted by Crippen LogP contribution is 2.22. The fraction of sp³-hybridized carbons (Fsp3) is 0.375. The number of hydrogen-bond donors (Lipinski definition) is 3. The Labute approximate surface area is 154 Å². The second-order valence-corrected chi connectivity index (χ2v) is 5.74. The number of amides is 3. The average Bonchev–Trinajstić information content (AvgIpc) is 2.60. The molecule has 1 aromatic rings. The van der Waals surface area contributed by atoms with Gasteiger partial charge in [0.25, 0.3) is 5.69 Å². The first-order valence-corrected chi connectivity index (χ1v) is 7.92. The molecule has 146 valence electrons. The molecule has 11 nitrogen and oxygen atoms in total. The Bertz CT molecular complexity index is 748. The number of nitrogens with one attached hydrogen (secondary N) is 1. The molecule has 0 heterocycles. The van der Waals surface area contributed by atoms with Crippen molar-refractivity contribution < 1.29 is 29.2 Å². The standard InChI is InChI=1S/C16H20N4O7/c1-9(18-13(21)7-8-14(22)23)16(25)19(10(2)15(17)24)11-3-5-12(6-4-11)20(26)27/h3-6,9-10H,7-8H2,1-2H3,(H2,17,24)(H,18,21)(H,22,23)/t9-,10-/m0/s1. The maximum Gasteiger partial charge on any atom is 0.303 e. The van der Waals surface area contributed by atoms with Crippen LogP contribution in [-0.2, 0) is 19.2 Å². The maximum absolute atomic E-state index is 12.7. The second-order valence-electron chi connectivity index (χ2n) is 5.74. The van der Waals surface area contributed by atoms with Gasteiger partial charge >= 0.3 is 5.97 Å². The lowest BCUT2D eigenvalue weighted by Crippen LogP contribution is -2.53. The van der Waals surface area contributed by atoms with Crippen molar-refractivity contribution in [2.75, 3.05) is 4.90 Å². The number of hydrogen-bond acceptors (Lipinski definition) is 6. The summed E-state index contributed by atoms with van der Waals surface area (Å²) in [7, 11) is 0. The van der Waals surface area contributed by atoms with Crippen molar-refractivity contribution in [2.24, 2.45) is 5.73 Å². The van der Waals surface area contributed by atoms with Crippen LogP contribution in [0.25, 0.3) is 0 Å². The van der Waals surface area contributed by atoms with E-state index < -0.39 is 47.1 Å². The van der Waals surface area contributed by atoms with Crippen LogP contribution >= 0.6 is 0 Å². The number of non-ortho nitro benzene ring substituents is 1. The predicted molar refractivity (Wildman–Crippen MR) is 93.7 cm³/mol. The van der Waals surface area contributed by atoms with E-state index >= 15 is 0 Å². The number of nitrogens with two attached hydrogens (primary N) is 1. The molecule has 0 fully saturated rings. The molecule has 0 aliphatic heterocycles. The lowest BCUT2D eigenvalue weighted by Gasteiger charge is -2.30. The first-order valence-electron chi connectivity index (χ1n) is 7.92. The zero-order valence-corrected chi connectivity index (χ0v) is 14.7. The van der Waals surface area contributed by atoms with Crippen LogP contribution in [0.4, 0.5) is 11.4 Å². The first kappa shape index (κ1) is 21.5. The Morgan fingerprint density at radius 1 is 1.19 bits per heavy atom. The molecule has 4 N–H and O–H groups in total. The van der Waals surface area contributed by atoms with Crippen LogP contribution in [0.2, 0.25) is 0 Å². The van der Waals surface area contributed by atoms with E-state index in [-0.39, 0.29) is 17.8 Å². The van der Waals surface area contributed by atoms with Crippen LogP contribution in [-0.4, -0.2) is 45.8 Å². The van der Waals surface area contributed by atoms with E-state index in [4.69, 9.17) is 10.8 Å². The van der Waals surface area contributed by atoms with Gasteiger partial charge in [0.2, 0.25) is 17.7 Å². The van der Waals surface area contributed by atoms with Gasteiger partial charge in [0.05, 0.1) is 11.3 Å². The van der Waals surface area contributed by atoms with E-state index in [2.05, 4.69) is 5.32 Å². The molecule has 0 bridgehead atoms. The van der Waals surface area contributed by atoms with E-state index in [1.807, 2.05) is 0 Å². The minimum Gasteiger partial charge on any atom is -0.481 e. The van der Waals surface area contributed by atoms with Gasteiger partial charge in [0, 0.05) is 24.2 Å². The van der Waals surface area contributed by atoms with E-state index in [9.17, 15) is 29.3 Å². The van der Waals surface area contributed by atoms with Crippen LogP contribution in [0.1, 0.15) is 26.7 Å². The van der Waals surface area contributed by atoms with Crippen LogP contribution in [0.3, 0.4) is 0 Å². The lowest BCUT2D eigenvalue weighted by atomic mass is 10.1. The highest BCUT2D eigenvalue weighted by molar-refractivity contribution is 6.03. The quantitative estimate of drug-likeness (QED) is 0.404. The van der Waals surface area contributed by atoms with Gasteiger partial charge in [-0.2, -0.15) is 0 Å². The second kappa shape index (κ2) is 9.27. The number of nitro groups is 1. The van der Waals surface area contributed by atoms with Gasteiger partial charge in [0.1, 0.15) is 12.1 Å². The van der Waals surface area contributed by atoms with E-state index in [1.54, 1.807) is 0 Å². The third-order valence-corrected chi connectivity index (χ3v) is 3.69. The van der Waals surface area contributed by atoms with Crippen LogP contribution < -0.4 is 16.0 Å². The zero-order valence-electron chi connectivity index (χ0n) is 14.7. The molecule has 0 saturated carbocycles. The van der Waals surface area contributed by atoms with Crippen LogP contribution in [0, 0.1) is 10.1 Å². The summed E-state index contributed by atoms with van der Waals surface area (Å²) in [4.78, 5) is 57.7. The van der Waals surface area contributed by atoms with Gasteiger partial charge in [-0.25, -0.2) is 0 Å². The minimum absolute atomic E-state index is 0.184. The normalized spacial score (nSPS) is 12.5. The Kier molecular flexibility index (Phi) is 7.39. The SMILES string of the molecule is C[C@H](NC(=O)CCC(=O)O)C(=O)N(c1ccc([N+](=O)[O-])cc1)[C@@H](C)C(N)=O.